The van der Waals surface area contributed by atoms with E-state index in [0.717, 1.165) is 23.2 Å². The molecule has 2 rings (SSSR count). The number of hydrogen-bond acceptors (Lipinski definition) is 4. The largest absolute Gasteiger partial charge is 0.435 e. The molecule has 0 spiro atoms. The summed E-state index contributed by atoms with van der Waals surface area (Å²) in [5.74, 6) is 0. The third kappa shape index (κ3) is 1.91. The van der Waals surface area contributed by atoms with Crippen LogP contribution in [0.3, 0.4) is 0 Å². The van der Waals surface area contributed by atoms with E-state index in [-0.39, 0.29) is 18.3 Å². The third-order valence-electron chi connectivity index (χ3n) is 1.78. The highest BCUT2D eigenvalue weighted by atomic mass is 19.4. The van der Waals surface area contributed by atoms with Crippen molar-refractivity contribution in [1.82, 2.24) is 14.8 Å². The van der Waals surface area contributed by atoms with Crippen molar-refractivity contribution in [3.05, 3.63) is 29.9 Å². The van der Waals surface area contributed by atoms with Gasteiger partial charge in [-0.1, -0.05) is 0 Å². The molecule has 0 aliphatic heterocycles. The summed E-state index contributed by atoms with van der Waals surface area (Å²) in [6.07, 6.45) is -2.28. The van der Waals surface area contributed by atoms with Crippen LogP contribution in [-0.2, 0) is 12.8 Å². The molecule has 8 heteroatoms. The number of aromatic nitrogens is 3. The van der Waals surface area contributed by atoms with Gasteiger partial charge in [-0.25, -0.2) is 0 Å². The smallest absolute Gasteiger partial charge is 0.430 e. The first kappa shape index (κ1) is 10.7. The van der Waals surface area contributed by atoms with Gasteiger partial charge in [-0.2, -0.15) is 27.9 Å². The Kier molecular flexibility index (Phi) is 2.43. The van der Waals surface area contributed by atoms with Crippen LogP contribution >= 0.6 is 0 Å². The van der Waals surface area contributed by atoms with Gasteiger partial charge in [0.15, 0.2) is 5.69 Å². The van der Waals surface area contributed by atoms with Gasteiger partial charge in [0.25, 0.3) is 0 Å². The maximum absolute atomic E-state index is 12.2. The van der Waals surface area contributed by atoms with Crippen molar-refractivity contribution in [2.45, 2.75) is 12.8 Å². The molecule has 0 aliphatic carbocycles. The van der Waals surface area contributed by atoms with E-state index in [1.54, 1.807) is 0 Å². The average molecular weight is 233 g/mol. The molecule has 1 N–H and O–H groups in total. The highest BCUT2D eigenvalue weighted by Gasteiger charge is 2.33. The zero-order valence-corrected chi connectivity index (χ0v) is 7.77. The molecule has 2 aromatic heterocycles. The van der Waals surface area contributed by atoms with Crippen molar-refractivity contribution < 1.29 is 22.7 Å². The fourth-order valence-corrected chi connectivity index (χ4v) is 1.06. The van der Waals surface area contributed by atoms with Crippen molar-refractivity contribution in [2.75, 3.05) is 0 Å². The predicted molar refractivity (Wildman–Crippen MR) is 44.5 cm³/mol. The monoisotopic (exact) mass is 233 g/mol. The lowest BCUT2D eigenvalue weighted by atomic mass is 10.4. The summed E-state index contributed by atoms with van der Waals surface area (Å²) in [4.78, 5) is 3.71. The number of alkyl halides is 3. The quantitative estimate of drug-likeness (QED) is 0.850. The molecule has 2 aromatic rings. The van der Waals surface area contributed by atoms with E-state index in [9.17, 15) is 13.2 Å². The van der Waals surface area contributed by atoms with Crippen molar-refractivity contribution in [3.8, 4) is 6.01 Å². The topological polar surface area (TPSA) is 64.1 Å². The summed E-state index contributed by atoms with van der Waals surface area (Å²) < 4.78 is 42.3. The second kappa shape index (κ2) is 3.63. The van der Waals surface area contributed by atoms with Crippen LogP contribution in [0.25, 0.3) is 6.01 Å². The Morgan fingerprint density at radius 1 is 1.44 bits per heavy atom. The normalized spacial score (nSPS) is 12.0. The lowest BCUT2D eigenvalue weighted by Crippen LogP contribution is -2.07. The molecule has 0 aromatic carbocycles. The van der Waals surface area contributed by atoms with E-state index in [1.165, 1.54) is 0 Å². The SMILES string of the molecule is OCc1coc(-n2ccc(C(F)(F)F)n2)n1. The van der Waals surface area contributed by atoms with Gasteiger partial charge >= 0.3 is 12.2 Å². The van der Waals surface area contributed by atoms with Gasteiger partial charge in [0.05, 0.1) is 6.61 Å². The molecule has 0 aliphatic rings. The second-order valence-corrected chi connectivity index (χ2v) is 2.92. The minimum Gasteiger partial charge on any atom is -0.430 e. The summed E-state index contributed by atoms with van der Waals surface area (Å²) in [5.41, 5.74) is -0.810. The fourth-order valence-electron chi connectivity index (χ4n) is 1.06. The minimum atomic E-state index is -4.50. The molecule has 0 fully saturated rings. The van der Waals surface area contributed by atoms with Gasteiger partial charge in [0, 0.05) is 6.20 Å². The Bertz CT molecular complexity index is 489. The van der Waals surface area contributed by atoms with E-state index in [1.807, 2.05) is 0 Å². The number of nitrogens with zero attached hydrogens (tertiary/aromatic N) is 3. The van der Waals surface area contributed by atoms with E-state index < -0.39 is 11.9 Å². The van der Waals surface area contributed by atoms with E-state index in [0.29, 0.717) is 0 Å². The van der Waals surface area contributed by atoms with Gasteiger partial charge in [0.1, 0.15) is 12.0 Å². The van der Waals surface area contributed by atoms with Gasteiger partial charge in [0.2, 0.25) is 0 Å². The lowest BCUT2D eigenvalue weighted by molar-refractivity contribution is -0.141. The molecule has 5 nitrogen and oxygen atoms in total. The van der Waals surface area contributed by atoms with Gasteiger partial charge in [-0.15, -0.1) is 0 Å². The summed E-state index contributed by atoms with van der Waals surface area (Å²) in [6.45, 7) is -0.350. The van der Waals surface area contributed by atoms with Crippen molar-refractivity contribution in [3.63, 3.8) is 0 Å². The van der Waals surface area contributed by atoms with Crippen LogP contribution in [0.4, 0.5) is 13.2 Å². The number of aliphatic hydroxyl groups excluding tert-OH is 1. The molecule has 0 saturated carbocycles. The molecule has 16 heavy (non-hydrogen) atoms. The first-order valence-corrected chi connectivity index (χ1v) is 4.19. The summed E-state index contributed by atoms with van der Waals surface area (Å²) >= 11 is 0. The van der Waals surface area contributed by atoms with Crippen LogP contribution in [0.5, 0.6) is 0 Å². The van der Waals surface area contributed by atoms with Crippen molar-refractivity contribution in [2.24, 2.45) is 0 Å². The summed E-state index contributed by atoms with van der Waals surface area (Å²) in [5, 5.41) is 12.0. The van der Waals surface area contributed by atoms with Crippen LogP contribution in [-0.4, -0.2) is 19.9 Å². The van der Waals surface area contributed by atoms with E-state index in [4.69, 9.17) is 9.52 Å². The van der Waals surface area contributed by atoms with Crippen LogP contribution in [0.1, 0.15) is 11.4 Å². The lowest BCUT2D eigenvalue weighted by Gasteiger charge is -1.99. The molecule has 0 radical (unpaired) electrons. The van der Waals surface area contributed by atoms with Crippen LogP contribution in [0.15, 0.2) is 22.9 Å². The highest BCUT2D eigenvalue weighted by molar-refractivity contribution is 5.12. The minimum absolute atomic E-state index is 0.125. The van der Waals surface area contributed by atoms with Gasteiger partial charge in [-0.3, -0.25) is 0 Å². The Balaban J connectivity index is 2.31. The number of rotatable bonds is 2. The van der Waals surface area contributed by atoms with Crippen LogP contribution < -0.4 is 0 Å². The first-order chi connectivity index (χ1) is 7.50. The van der Waals surface area contributed by atoms with E-state index >= 15 is 0 Å². The molecule has 0 atom stereocenters. The van der Waals surface area contributed by atoms with Gasteiger partial charge < -0.3 is 9.52 Å². The summed E-state index contributed by atoms with van der Waals surface area (Å²) in [6, 6.07) is 0.683. The number of oxazole rings is 1. The highest BCUT2D eigenvalue weighted by Crippen LogP contribution is 2.27. The molecule has 0 amide bonds. The first-order valence-electron chi connectivity index (χ1n) is 4.19. The van der Waals surface area contributed by atoms with E-state index in [2.05, 4.69) is 10.1 Å². The van der Waals surface area contributed by atoms with Crippen molar-refractivity contribution >= 4 is 0 Å². The number of aliphatic hydroxyl groups is 1. The van der Waals surface area contributed by atoms with Crippen LogP contribution in [0.2, 0.25) is 0 Å². The average Bonchev–Trinajstić information content (AvgIpc) is 2.85. The van der Waals surface area contributed by atoms with Crippen molar-refractivity contribution in [1.29, 1.82) is 0 Å². The zero-order chi connectivity index (χ0) is 11.8. The Morgan fingerprint density at radius 3 is 2.69 bits per heavy atom. The maximum Gasteiger partial charge on any atom is 0.435 e. The molecule has 0 unspecified atom stereocenters. The third-order valence-corrected chi connectivity index (χ3v) is 1.78. The zero-order valence-electron chi connectivity index (χ0n) is 7.77. The fraction of sp³-hybridized carbons (Fsp3) is 0.250. The molecule has 0 bridgehead atoms. The Hall–Kier alpha value is -1.83. The Labute approximate surface area is 87.1 Å². The predicted octanol–water partition coefficient (Wildman–Crippen LogP) is 1.37. The van der Waals surface area contributed by atoms with Crippen LogP contribution in [0, 0.1) is 0 Å². The molecule has 2 heterocycles. The van der Waals surface area contributed by atoms with Gasteiger partial charge in [-0.05, 0) is 6.07 Å². The standard InChI is InChI=1S/C8H6F3N3O2/c9-8(10,11)6-1-2-14(13-6)7-12-5(3-15)4-16-7/h1-2,4,15H,3H2. The molecule has 0 saturated heterocycles. The second-order valence-electron chi connectivity index (χ2n) is 2.92. The Morgan fingerprint density at radius 2 is 2.19 bits per heavy atom. The number of hydrogen-bond donors (Lipinski definition) is 1. The molecular weight excluding hydrogens is 227 g/mol. The number of halogens is 3. The maximum atomic E-state index is 12.2. The molecular formula is C8H6F3N3O2. The summed E-state index contributed by atoms with van der Waals surface area (Å²) in [7, 11) is 0. The molecule has 86 valence electrons.